The molecule has 0 unspecified atom stereocenters. The molecule has 2 aliphatic rings. The first-order chi connectivity index (χ1) is 23.0. The van der Waals surface area contributed by atoms with Crippen molar-refractivity contribution in [2.75, 3.05) is 45.9 Å². The smallest absolute Gasteiger partial charge is 0.263 e. The van der Waals surface area contributed by atoms with Crippen LogP contribution in [0.3, 0.4) is 0 Å². The number of fused-ring (bicyclic) bond motifs is 6. The number of carbonyl (C=O) groups is 4. The molecule has 0 aliphatic carbocycles. The second kappa shape index (κ2) is 14.9. The molecule has 244 valence electrons. The van der Waals surface area contributed by atoms with Crippen LogP contribution in [0.1, 0.15) is 67.1 Å². The Kier molecular flexibility index (Phi) is 10.3. The number of imide groups is 2. The van der Waals surface area contributed by atoms with Crippen molar-refractivity contribution in [2.24, 2.45) is 5.73 Å². The van der Waals surface area contributed by atoms with Crippen molar-refractivity contribution in [2.45, 2.75) is 31.8 Å². The van der Waals surface area contributed by atoms with E-state index in [9.17, 15) is 19.2 Å². The van der Waals surface area contributed by atoms with Gasteiger partial charge in [0.05, 0.1) is 28.9 Å². The normalized spacial score (nSPS) is 14.3. The average molecular weight is 637 g/mol. The monoisotopic (exact) mass is 636 g/mol. The van der Waals surface area contributed by atoms with E-state index in [1.807, 2.05) is 36.4 Å². The van der Waals surface area contributed by atoms with Crippen LogP contribution in [0.2, 0.25) is 0 Å². The predicted octanol–water partition coefficient (Wildman–Crippen LogP) is 3.43. The molecule has 4 aromatic carbocycles. The summed E-state index contributed by atoms with van der Waals surface area (Å²) >= 11 is 0. The van der Waals surface area contributed by atoms with Gasteiger partial charge in [-0.25, -0.2) is 5.48 Å². The highest BCUT2D eigenvalue weighted by molar-refractivity contribution is 6.29. The van der Waals surface area contributed by atoms with Gasteiger partial charge in [-0.1, -0.05) is 60.7 Å². The summed E-state index contributed by atoms with van der Waals surface area (Å²) in [6.07, 6.45) is 2.00. The van der Waals surface area contributed by atoms with Gasteiger partial charge < -0.3 is 21.2 Å². The van der Waals surface area contributed by atoms with Crippen LogP contribution in [0, 0.1) is 0 Å². The molecule has 4 aromatic rings. The zero-order valence-electron chi connectivity index (χ0n) is 26.3. The fraction of sp³-hybridized carbons (Fsp3) is 0.333. The van der Waals surface area contributed by atoms with Gasteiger partial charge in [0.1, 0.15) is 6.17 Å². The first-order valence-corrected chi connectivity index (χ1v) is 16.3. The van der Waals surface area contributed by atoms with Crippen LogP contribution in [-0.2, 0) is 4.84 Å². The molecule has 11 heteroatoms. The summed E-state index contributed by atoms with van der Waals surface area (Å²) in [6, 6.07) is 21.6. The number of hydroxylamine groups is 1. The number of amides is 4. The number of unbranched alkanes of at least 4 members (excludes halogenated alkanes) is 1. The summed E-state index contributed by atoms with van der Waals surface area (Å²) < 4.78 is 0. The maximum absolute atomic E-state index is 14.1. The topological polar surface area (TPSA) is 146 Å². The Hall–Kier alpha value is -4.52. The number of carbonyl (C=O) groups excluding carboxylic acids is 4. The summed E-state index contributed by atoms with van der Waals surface area (Å²) in [7, 11) is 0. The van der Waals surface area contributed by atoms with E-state index < -0.39 is 29.8 Å². The maximum atomic E-state index is 14.1. The van der Waals surface area contributed by atoms with Gasteiger partial charge in [-0.15, -0.1) is 0 Å². The highest BCUT2D eigenvalue weighted by atomic mass is 16.6. The second-order valence-electron chi connectivity index (χ2n) is 11.7. The number of rotatable bonds is 17. The van der Waals surface area contributed by atoms with Crippen LogP contribution in [0.4, 0.5) is 0 Å². The predicted molar refractivity (Wildman–Crippen MR) is 180 cm³/mol. The zero-order valence-corrected chi connectivity index (χ0v) is 26.3. The molecular weight excluding hydrogens is 596 g/mol. The molecule has 0 saturated carbocycles. The molecular formula is C36H40N6O5. The standard InChI is InChI=1S/C36H40N6O5/c37-17-7-20-38-18-5-6-19-39-22-23-47-40-21-16-30(41-33(43)28-14-12-24-8-1-3-10-26(24)31(28)35(41)45)42-34(44)29-15-13-25-9-2-4-11-27(25)32(29)36(42)46/h1-4,8-15,30,38-40H,5-7,16-23,37H2. The fourth-order valence-corrected chi connectivity index (χ4v) is 6.39. The molecule has 0 bridgehead atoms. The van der Waals surface area contributed by atoms with Gasteiger partial charge in [0.15, 0.2) is 0 Å². The Morgan fingerprint density at radius 1 is 0.596 bits per heavy atom. The number of nitrogens with one attached hydrogen (secondary N) is 3. The maximum Gasteiger partial charge on any atom is 0.263 e. The van der Waals surface area contributed by atoms with Crippen molar-refractivity contribution in [3.8, 4) is 0 Å². The molecule has 11 nitrogen and oxygen atoms in total. The van der Waals surface area contributed by atoms with Crippen LogP contribution in [0.5, 0.6) is 0 Å². The molecule has 0 radical (unpaired) electrons. The quantitative estimate of drug-likeness (QED) is 0.0778. The number of hydrogen-bond acceptors (Lipinski definition) is 9. The van der Waals surface area contributed by atoms with Crippen LogP contribution in [0.25, 0.3) is 21.5 Å². The lowest BCUT2D eigenvalue weighted by molar-refractivity contribution is 0.0151. The fourth-order valence-electron chi connectivity index (χ4n) is 6.39. The Balaban J connectivity index is 1.14. The number of hydrogen-bond donors (Lipinski definition) is 4. The Labute approximate surface area is 273 Å². The van der Waals surface area contributed by atoms with E-state index in [2.05, 4.69) is 16.1 Å². The van der Waals surface area contributed by atoms with Crippen molar-refractivity contribution in [3.63, 3.8) is 0 Å². The van der Waals surface area contributed by atoms with Gasteiger partial charge in [0.25, 0.3) is 23.6 Å². The van der Waals surface area contributed by atoms with E-state index in [-0.39, 0.29) is 35.2 Å². The molecule has 0 spiro atoms. The lowest BCUT2D eigenvalue weighted by atomic mass is 10.0. The molecule has 0 saturated heterocycles. The molecule has 0 aromatic heterocycles. The van der Waals surface area contributed by atoms with Gasteiger partial charge in [0, 0.05) is 19.5 Å². The van der Waals surface area contributed by atoms with Crippen molar-refractivity contribution >= 4 is 45.2 Å². The van der Waals surface area contributed by atoms with Crippen molar-refractivity contribution in [3.05, 3.63) is 95.1 Å². The molecule has 5 N–H and O–H groups in total. The van der Waals surface area contributed by atoms with Gasteiger partial charge in [-0.05, 0) is 79.1 Å². The number of benzene rings is 4. The van der Waals surface area contributed by atoms with E-state index in [4.69, 9.17) is 10.6 Å². The van der Waals surface area contributed by atoms with E-state index in [0.717, 1.165) is 59.5 Å². The molecule has 4 amide bonds. The average Bonchev–Trinajstić information content (AvgIpc) is 3.51. The van der Waals surface area contributed by atoms with E-state index >= 15 is 0 Å². The van der Waals surface area contributed by atoms with E-state index in [0.29, 0.717) is 30.5 Å². The number of nitrogens with zero attached hydrogens (tertiary/aromatic N) is 2. The molecule has 2 aliphatic heterocycles. The van der Waals surface area contributed by atoms with Crippen LogP contribution >= 0.6 is 0 Å². The Morgan fingerprint density at radius 2 is 1.11 bits per heavy atom. The summed E-state index contributed by atoms with van der Waals surface area (Å²) in [6.45, 7) is 4.68. The highest BCUT2D eigenvalue weighted by Crippen LogP contribution is 2.37. The molecule has 6 rings (SSSR count). The van der Waals surface area contributed by atoms with E-state index in [1.54, 1.807) is 36.4 Å². The summed E-state index contributed by atoms with van der Waals surface area (Å²) in [5.74, 6) is -2.15. The van der Waals surface area contributed by atoms with E-state index in [1.165, 1.54) is 0 Å². The second-order valence-corrected chi connectivity index (χ2v) is 11.7. The summed E-state index contributed by atoms with van der Waals surface area (Å²) in [5, 5.41) is 9.64. The van der Waals surface area contributed by atoms with Crippen molar-refractivity contribution < 1.29 is 24.0 Å². The minimum atomic E-state index is -1.17. The molecule has 2 heterocycles. The van der Waals surface area contributed by atoms with Crippen LogP contribution in [-0.4, -0.2) is 85.5 Å². The van der Waals surface area contributed by atoms with Crippen LogP contribution < -0.4 is 21.8 Å². The van der Waals surface area contributed by atoms with Gasteiger partial charge >= 0.3 is 0 Å². The number of nitrogens with two attached hydrogens (primary N) is 1. The molecule has 0 fully saturated rings. The lowest BCUT2D eigenvalue weighted by Crippen LogP contribution is -2.54. The van der Waals surface area contributed by atoms with Crippen LogP contribution in [0.15, 0.2) is 72.8 Å². The summed E-state index contributed by atoms with van der Waals surface area (Å²) in [4.78, 5) is 63.6. The first kappa shape index (κ1) is 32.4. The Morgan fingerprint density at radius 3 is 1.66 bits per heavy atom. The van der Waals surface area contributed by atoms with Crippen molar-refractivity contribution in [1.29, 1.82) is 0 Å². The van der Waals surface area contributed by atoms with Gasteiger partial charge in [-0.2, -0.15) is 0 Å². The van der Waals surface area contributed by atoms with Gasteiger partial charge in [0.2, 0.25) is 0 Å². The Bertz CT molecular complexity index is 1690. The lowest BCUT2D eigenvalue weighted by Gasteiger charge is -2.32. The van der Waals surface area contributed by atoms with Gasteiger partial charge in [-0.3, -0.25) is 29.0 Å². The first-order valence-electron chi connectivity index (χ1n) is 16.3. The minimum Gasteiger partial charge on any atom is -0.330 e. The van der Waals surface area contributed by atoms with Crippen molar-refractivity contribution in [1.82, 2.24) is 25.9 Å². The molecule has 47 heavy (non-hydrogen) atoms. The zero-order chi connectivity index (χ0) is 32.8. The third-order valence-corrected chi connectivity index (χ3v) is 8.72. The SMILES string of the molecule is NCCCNCCCCNCCONCCC(N1C(=O)c2ccc3ccccc3c2C1=O)N1C(=O)c2ccc3ccccc3c2C1=O. The summed E-state index contributed by atoms with van der Waals surface area (Å²) in [5.41, 5.74) is 9.46. The molecule has 0 atom stereocenters. The highest BCUT2D eigenvalue weighted by Gasteiger charge is 2.49. The third-order valence-electron chi connectivity index (χ3n) is 8.72. The largest absolute Gasteiger partial charge is 0.330 e. The minimum absolute atomic E-state index is 0.0807. The third kappa shape index (κ3) is 6.53.